The van der Waals surface area contributed by atoms with Crippen LogP contribution in [0.15, 0.2) is 54.6 Å². The van der Waals surface area contributed by atoms with Gasteiger partial charge in [0.1, 0.15) is 0 Å². The topological polar surface area (TPSA) is 32.3 Å². The summed E-state index contributed by atoms with van der Waals surface area (Å²) in [6, 6.07) is 21.0. The smallest absolute Gasteiger partial charge is 0.220 e. The predicted molar refractivity (Wildman–Crippen MR) is 121 cm³/mol. The first-order chi connectivity index (χ1) is 14.7. The van der Waals surface area contributed by atoms with Crippen molar-refractivity contribution in [1.29, 1.82) is 0 Å². The maximum atomic E-state index is 12.5. The molecule has 0 aromatic heterocycles. The van der Waals surface area contributed by atoms with Crippen molar-refractivity contribution in [2.75, 3.05) is 6.54 Å². The van der Waals surface area contributed by atoms with Crippen molar-refractivity contribution in [1.82, 2.24) is 10.2 Å². The van der Waals surface area contributed by atoms with Crippen LogP contribution < -0.4 is 5.32 Å². The van der Waals surface area contributed by atoms with Crippen LogP contribution in [0.5, 0.6) is 0 Å². The summed E-state index contributed by atoms with van der Waals surface area (Å²) in [7, 11) is 0. The quantitative estimate of drug-likeness (QED) is 0.725. The number of carbonyl (C=O) groups is 1. The molecule has 0 radical (unpaired) electrons. The van der Waals surface area contributed by atoms with Gasteiger partial charge in [0.05, 0.1) is 0 Å². The Bertz CT molecular complexity index is 825. The lowest BCUT2D eigenvalue weighted by Crippen LogP contribution is -2.45. The zero-order chi connectivity index (χ0) is 20.3. The number of nitrogens with zero attached hydrogens (tertiary/aromatic N) is 1. The van der Waals surface area contributed by atoms with Crippen LogP contribution in [0.3, 0.4) is 0 Å². The van der Waals surface area contributed by atoms with Crippen LogP contribution in [0.4, 0.5) is 0 Å². The minimum Gasteiger partial charge on any atom is -0.356 e. The lowest BCUT2D eigenvalue weighted by Gasteiger charge is -2.39. The molecule has 2 aromatic carbocycles. The lowest BCUT2D eigenvalue weighted by atomic mass is 9.90. The van der Waals surface area contributed by atoms with Crippen molar-refractivity contribution in [3.63, 3.8) is 0 Å². The molecule has 2 atom stereocenters. The average Bonchev–Trinajstić information content (AvgIpc) is 3.28. The van der Waals surface area contributed by atoms with Gasteiger partial charge in [-0.15, -0.1) is 0 Å². The third-order valence-corrected chi connectivity index (χ3v) is 7.69. The molecule has 3 heteroatoms. The molecule has 2 fully saturated rings. The van der Waals surface area contributed by atoms with Gasteiger partial charge in [0.25, 0.3) is 0 Å². The number of fused-ring (bicyclic) bond motifs is 3. The summed E-state index contributed by atoms with van der Waals surface area (Å²) in [5.74, 6) is 1.55. The summed E-state index contributed by atoms with van der Waals surface area (Å²) in [6.45, 7) is 1.95. The fourth-order valence-corrected chi connectivity index (χ4v) is 6.14. The molecule has 2 aromatic rings. The van der Waals surface area contributed by atoms with E-state index in [1.54, 1.807) is 0 Å². The van der Waals surface area contributed by atoms with Crippen molar-refractivity contribution in [2.24, 2.45) is 11.8 Å². The second kappa shape index (κ2) is 8.93. The largest absolute Gasteiger partial charge is 0.356 e. The zero-order valence-corrected chi connectivity index (χ0v) is 17.9. The molecule has 2 bridgehead atoms. The van der Waals surface area contributed by atoms with Crippen LogP contribution in [0.1, 0.15) is 55.2 Å². The number of nitrogens with one attached hydrogen (secondary N) is 1. The molecule has 30 heavy (non-hydrogen) atoms. The van der Waals surface area contributed by atoms with Crippen molar-refractivity contribution < 1.29 is 4.79 Å². The summed E-state index contributed by atoms with van der Waals surface area (Å²) in [5, 5.41) is 3.27. The number of hydrogen-bond acceptors (Lipinski definition) is 2. The van der Waals surface area contributed by atoms with Gasteiger partial charge in [0.2, 0.25) is 5.91 Å². The molecule has 2 saturated heterocycles. The number of hydrogen-bond donors (Lipinski definition) is 1. The number of carbonyl (C=O) groups excluding carboxylic acids is 1. The van der Waals surface area contributed by atoms with E-state index in [2.05, 4.69) is 64.8 Å². The molecule has 2 unspecified atom stereocenters. The van der Waals surface area contributed by atoms with Gasteiger partial charge >= 0.3 is 0 Å². The third kappa shape index (κ3) is 4.46. The van der Waals surface area contributed by atoms with Crippen LogP contribution in [0, 0.1) is 11.8 Å². The second-order valence-corrected chi connectivity index (χ2v) is 9.77. The third-order valence-electron chi connectivity index (χ3n) is 7.69. The van der Waals surface area contributed by atoms with Crippen LogP contribution >= 0.6 is 0 Å². The average molecular weight is 403 g/mol. The number of piperidine rings is 1. The molecular weight excluding hydrogens is 368 g/mol. The van der Waals surface area contributed by atoms with Crippen molar-refractivity contribution >= 4 is 5.91 Å². The molecule has 3 aliphatic rings. The fourth-order valence-electron chi connectivity index (χ4n) is 6.14. The Hall–Kier alpha value is -2.13. The Balaban J connectivity index is 1.04. The van der Waals surface area contributed by atoms with Crippen LogP contribution in [-0.4, -0.2) is 29.4 Å². The molecule has 0 saturated carbocycles. The summed E-state index contributed by atoms with van der Waals surface area (Å²) in [6.07, 6.45) is 9.11. The van der Waals surface area contributed by atoms with E-state index >= 15 is 0 Å². The first kappa shape index (κ1) is 19.8. The van der Waals surface area contributed by atoms with E-state index in [1.807, 2.05) is 0 Å². The van der Waals surface area contributed by atoms with Crippen LogP contribution in [0.25, 0.3) is 0 Å². The molecule has 1 N–H and O–H groups in total. The minimum atomic E-state index is 0.255. The fraction of sp³-hybridized carbons (Fsp3) is 0.519. The maximum Gasteiger partial charge on any atom is 0.220 e. The van der Waals surface area contributed by atoms with Crippen LogP contribution in [0.2, 0.25) is 0 Å². The van der Waals surface area contributed by atoms with Gasteiger partial charge in [-0.2, -0.15) is 0 Å². The van der Waals surface area contributed by atoms with E-state index in [0.717, 1.165) is 32.4 Å². The molecule has 2 aliphatic heterocycles. The summed E-state index contributed by atoms with van der Waals surface area (Å²) in [4.78, 5) is 15.2. The highest BCUT2D eigenvalue weighted by atomic mass is 16.1. The van der Waals surface area contributed by atoms with E-state index in [4.69, 9.17) is 0 Å². The van der Waals surface area contributed by atoms with E-state index < -0.39 is 0 Å². The van der Waals surface area contributed by atoms with Gasteiger partial charge in [0, 0.05) is 31.6 Å². The summed E-state index contributed by atoms with van der Waals surface area (Å²) >= 11 is 0. The SMILES string of the molecule is O=C(CCC1Cc2ccccc2C1)NCC1CC2CCC(C1)N2Cc1ccccc1. The van der Waals surface area contributed by atoms with Gasteiger partial charge in [-0.05, 0) is 73.5 Å². The Kier molecular flexibility index (Phi) is 5.90. The number of benzene rings is 2. The summed E-state index contributed by atoms with van der Waals surface area (Å²) < 4.78 is 0. The van der Waals surface area contributed by atoms with Gasteiger partial charge in [-0.3, -0.25) is 9.69 Å². The molecule has 158 valence electrons. The van der Waals surface area contributed by atoms with Gasteiger partial charge in [-0.25, -0.2) is 0 Å². The van der Waals surface area contributed by atoms with Gasteiger partial charge in [0.15, 0.2) is 0 Å². The molecule has 1 aliphatic carbocycles. The predicted octanol–water partition coefficient (Wildman–Crippen LogP) is 4.74. The summed E-state index contributed by atoms with van der Waals surface area (Å²) in [5.41, 5.74) is 4.40. The highest BCUT2D eigenvalue weighted by molar-refractivity contribution is 5.75. The lowest BCUT2D eigenvalue weighted by molar-refractivity contribution is -0.121. The highest BCUT2D eigenvalue weighted by Crippen LogP contribution is 2.39. The second-order valence-electron chi connectivity index (χ2n) is 9.77. The van der Waals surface area contributed by atoms with Gasteiger partial charge in [-0.1, -0.05) is 54.6 Å². The normalized spacial score (nSPS) is 25.9. The van der Waals surface area contributed by atoms with Gasteiger partial charge < -0.3 is 5.32 Å². The molecule has 0 spiro atoms. The molecule has 2 heterocycles. The Morgan fingerprint density at radius 1 is 0.867 bits per heavy atom. The first-order valence-electron chi connectivity index (χ1n) is 11.9. The monoisotopic (exact) mass is 402 g/mol. The zero-order valence-electron chi connectivity index (χ0n) is 17.9. The Labute approximate surface area is 180 Å². The van der Waals surface area contributed by atoms with E-state index in [-0.39, 0.29) is 5.91 Å². The molecule has 5 rings (SSSR count). The molecule has 1 amide bonds. The molecule has 3 nitrogen and oxygen atoms in total. The number of rotatable bonds is 7. The maximum absolute atomic E-state index is 12.5. The Morgan fingerprint density at radius 3 is 2.17 bits per heavy atom. The van der Waals surface area contributed by atoms with Crippen molar-refractivity contribution in [3.8, 4) is 0 Å². The van der Waals surface area contributed by atoms with E-state index in [0.29, 0.717) is 30.3 Å². The number of amides is 1. The first-order valence-corrected chi connectivity index (χ1v) is 11.9. The minimum absolute atomic E-state index is 0.255. The van der Waals surface area contributed by atoms with Crippen molar-refractivity contribution in [3.05, 3.63) is 71.3 Å². The standard InChI is InChI=1S/C27H34N2O/c30-27(13-10-21-14-23-8-4-5-9-24(23)15-21)28-18-22-16-25-11-12-26(17-22)29(25)19-20-6-2-1-3-7-20/h1-9,21-22,25-26H,10-19H2,(H,28,30). The van der Waals surface area contributed by atoms with Crippen molar-refractivity contribution in [2.45, 2.75) is 70.0 Å². The van der Waals surface area contributed by atoms with E-state index in [9.17, 15) is 4.79 Å². The van der Waals surface area contributed by atoms with E-state index in [1.165, 1.54) is 42.4 Å². The van der Waals surface area contributed by atoms with Crippen LogP contribution in [-0.2, 0) is 24.2 Å². The molecular formula is C27H34N2O. The highest BCUT2D eigenvalue weighted by Gasteiger charge is 2.40. The Morgan fingerprint density at radius 2 is 1.50 bits per heavy atom.